The summed E-state index contributed by atoms with van der Waals surface area (Å²) < 4.78 is 5.75. The molecule has 6 nitrogen and oxygen atoms in total. The van der Waals surface area contributed by atoms with E-state index in [0.717, 1.165) is 40.0 Å². The minimum absolute atomic E-state index is 0.123. The first-order valence-corrected chi connectivity index (χ1v) is 10.6. The lowest BCUT2D eigenvalue weighted by molar-refractivity contribution is -0.127. The highest BCUT2D eigenvalue weighted by atomic mass is 32.2. The van der Waals surface area contributed by atoms with Gasteiger partial charge < -0.3 is 10.1 Å². The van der Waals surface area contributed by atoms with Crippen LogP contribution in [-0.2, 0) is 9.59 Å². The second-order valence-electron chi connectivity index (χ2n) is 7.04. The number of nitrogens with one attached hydrogen (secondary N) is 1. The molecule has 0 aromatic heterocycles. The molecule has 156 valence electrons. The number of carbonyl (C=O) groups excluding carboxylic acids is 3. The van der Waals surface area contributed by atoms with Crippen molar-refractivity contribution in [2.24, 2.45) is 0 Å². The molecule has 30 heavy (non-hydrogen) atoms. The lowest BCUT2D eigenvalue weighted by Gasteiger charge is -2.13. The van der Waals surface area contributed by atoms with E-state index in [1.807, 2.05) is 56.3 Å². The summed E-state index contributed by atoms with van der Waals surface area (Å²) in [5, 5.41) is 2.29. The van der Waals surface area contributed by atoms with Gasteiger partial charge in [-0.2, -0.15) is 0 Å². The van der Waals surface area contributed by atoms with Crippen LogP contribution in [0.15, 0.2) is 53.4 Å². The molecule has 0 radical (unpaired) electrons. The molecule has 1 N–H and O–H groups in total. The number of imide groups is 1. The maximum Gasteiger partial charge on any atom is 0.294 e. The third-order valence-corrected chi connectivity index (χ3v) is 5.59. The third kappa shape index (κ3) is 5.30. The number of hydrogen-bond donors (Lipinski definition) is 1. The van der Waals surface area contributed by atoms with Crippen LogP contribution in [0.5, 0.6) is 5.75 Å². The molecule has 0 saturated carbocycles. The summed E-state index contributed by atoms with van der Waals surface area (Å²) in [4.78, 5) is 38.5. The Kier molecular flexibility index (Phi) is 6.95. The van der Waals surface area contributed by atoms with E-state index in [1.54, 1.807) is 12.1 Å². The Balaban J connectivity index is 1.65. The molecule has 3 rings (SSSR count). The first kappa shape index (κ1) is 21.6. The Morgan fingerprint density at radius 2 is 1.87 bits per heavy atom. The van der Waals surface area contributed by atoms with Gasteiger partial charge in [0, 0.05) is 5.69 Å². The summed E-state index contributed by atoms with van der Waals surface area (Å²) in [7, 11) is 0. The van der Waals surface area contributed by atoms with Crippen molar-refractivity contribution in [3.05, 3.63) is 64.6 Å². The standard InChI is InChI=1S/C23H24N2O4S/c1-4-16(3)29-18-11-9-17(10-12-18)13-20-22(27)25(23(28)30-20)14-21(26)24-19-8-6-5-7-15(19)2/h5-13,16H,4,14H2,1-3H3,(H,24,26)/b20-13-/t16-/m1/s1. The average molecular weight is 425 g/mol. The quantitative estimate of drug-likeness (QED) is 0.643. The van der Waals surface area contributed by atoms with E-state index >= 15 is 0 Å². The summed E-state index contributed by atoms with van der Waals surface area (Å²) in [5.74, 6) is -0.133. The fourth-order valence-electron chi connectivity index (χ4n) is 2.79. The Bertz CT molecular complexity index is 985. The molecule has 2 aromatic rings. The van der Waals surface area contributed by atoms with Gasteiger partial charge in [-0.3, -0.25) is 19.3 Å². The molecule has 1 heterocycles. The molecule has 0 unspecified atom stereocenters. The van der Waals surface area contributed by atoms with E-state index in [4.69, 9.17) is 4.74 Å². The Labute approximate surface area is 180 Å². The number of amides is 3. The van der Waals surface area contributed by atoms with Crippen molar-refractivity contribution in [1.82, 2.24) is 4.90 Å². The monoisotopic (exact) mass is 424 g/mol. The summed E-state index contributed by atoms with van der Waals surface area (Å²) >= 11 is 0.834. The summed E-state index contributed by atoms with van der Waals surface area (Å²) in [6.07, 6.45) is 2.68. The molecule has 1 aliphatic heterocycles. The number of rotatable bonds is 7. The van der Waals surface area contributed by atoms with Crippen molar-refractivity contribution >= 4 is 40.6 Å². The zero-order chi connectivity index (χ0) is 21.7. The molecule has 1 fully saturated rings. The van der Waals surface area contributed by atoms with Crippen LogP contribution in [0.25, 0.3) is 6.08 Å². The summed E-state index contributed by atoms with van der Waals surface area (Å²) in [6.45, 7) is 5.60. The lowest BCUT2D eigenvalue weighted by atomic mass is 10.2. The number of anilines is 1. The summed E-state index contributed by atoms with van der Waals surface area (Å²) in [5.41, 5.74) is 2.34. The van der Waals surface area contributed by atoms with Crippen LogP contribution in [0.3, 0.4) is 0 Å². The van der Waals surface area contributed by atoms with Crippen LogP contribution < -0.4 is 10.1 Å². The highest BCUT2D eigenvalue weighted by molar-refractivity contribution is 8.18. The van der Waals surface area contributed by atoms with Gasteiger partial charge in [-0.1, -0.05) is 37.3 Å². The number of thioether (sulfide) groups is 1. The lowest BCUT2D eigenvalue weighted by Crippen LogP contribution is -2.36. The van der Waals surface area contributed by atoms with E-state index < -0.39 is 17.1 Å². The SMILES string of the molecule is CC[C@@H](C)Oc1ccc(/C=C2\SC(=O)N(CC(=O)Nc3ccccc3C)C2=O)cc1. The average Bonchev–Trinajstić information content (AvgIpc) is 2.98. The largest absolute Gasteiger partial charge is 0.491 e. The van der Waals surface area contributed by atoms with Crippen molar-refractivity contribution in [3.63, 3.8) is 0 Å². The van der Waals surface area contributed by atoms with Gasteiger partial charge in [0.2, 0.25) is 5.91 Å². The second-order valence-corrected chi connectivity index (χ2v) is 8.03. The minimum atomic E-state index is -0.468. The highest BCUT2D eigenvalue weighted by Gasteiger charge is 2.36. The van der Waals surface area contributed by atoms with Crippen molar-refractivity contribution < 1.29 is 19.1 Å². The maximum absolute atomic E-state index is 12.6. The third-order valence-electron chi connectivity index (χ3n) is 4.68. The molecular weight excluding hydrogens is 400 g/mol. The molecule has 0 bridgehead atoms. The van der Waals surface area contributed by atoms with Gasteiger partial charge in [-0.05, 0) is 67.4 Å². The summed E-state index contributed by atoms with van der Waals surface area (Å²) in [6, 6.07) is 14.6. The van der Waals surface area contributed by atoms with Crippen LogP contribution in [0.2, 0.25) is 0 Å². The number of carbonyl (C=O) groups is 3. The van der Waals surface area contributed by atoms with Crippen molar-refractivity contribution in [2.75, 3.05) is 11.9 Å². The Morgan fingerprint density at radius 1 is 1.17 bits per heavy atom. The van der Waals surface area contributed by atoms with E-state index in [1.165, 1.54) is 0 Å². The van der Waals surface area contributed by atoms with Crippen LogP contribution in [0.4, 0.5) is 10.5 Å². The van der Waals surface area contributed by atoms with E-state index in [9.17, 15) is 14.4 Å². The zero-order valence-corrected chi connectivity index (χ0v) is 18.0. The first-order chi connectivity index (χ1) is 14.4. The van der Waals surface area contributed by atoms with Crippen LogP contribution in [-0.4, -0.2) is 34.6 Å². The number of hydrogen-bond acceptors (Lipinski definition) is 5. The zero-order valence-electron chi connectivity index (χ0n) is 17.2. The van der Waals surface area contributed by atoms with Crippen molar-refractivity contribution in [3.8, 4) is 5.75 Å². The van der Waals surface area contributed by atoms with E-state index in [0.29, 0.717) is 10.6 Å². The molecule has 1 saturated heterocycles. The second kappa shape index (κ2) is 9.63. The fraction of sp³-hybridized carbons (Fsp3) is 0.261. The molecular formula is C23H24N2O4S. The molecule has 1 atom stereocenters. The van der Waals surface area contributed by atoms with Gasteiger partial charge in [-0.25, -0.2) is 0 Å². The van der Waals surface area contributed by atoms with Crippen LogP contribution in [0.1, 0.15) is 31.4 Å². The van der Waals surface area contributed by atoms with Crippen molar-refractivity contribution in [2.45, 2.75) is 33.3 Å². The van der Waals surface area contributed by atoms with Gasteiger partial charge in [0.25, 0.3) is 11.1 Å². The normalized spacial score (nSPS) is 16.1. The Morgan fingerprint density at radius 3 is 2.53 bits per heavy atom. The molecule has 7 heteroatoms. The van der Waals surface area contributed by atoms with Gasteiger partial charge in [-0.15, -0.1) is 0 Å². The number of aryl methyl sites for hydroxylation is 1. The first-order valence-electron chi connectivity index (χ1n) is 9.75. The van der Waals surface area contributed by atoms with E-state index in [-0.39, 0.29) is 12.6 Å². The van der Waals surface area contributed by atoms with Gasteiger partial charge in [0.15, 0.2) is 0 Å². The predicted molar refractivity (Wildman–Crippen MR) is 119 cm³/mol. The van der Waals surface area contributed by atoms with E-state index in [2.05, 4.69) is 12.2 Å². The predicted octanol–water partition coefficient (Wildman–Crippen LogP) is 4.85. The molecule has 0 spiro atoms. The van der Waals surface area contributed by atoms with Crippen molar-refractivity contribution in [1.29, 1.82) is 0 Å². The molecule has 2 aromatic carbocycles. The molecule has 0 aliphatic carbocycles. The molecule has 3 amide bonds. The van der Waals surface area contributed by atoms with Gasteiger partial charge in [0.05, 0.1) is 11.0 Å². The number of nitrogens with zero attached hydrogens (tertiary/aromatic N) is 1. The fourth-order valence-corrected chi connectivity index (χ4v) is 3.63. The number of ether oxygens (including phenoxy) is 1. The Hall–Kier alpha value is -3.06. The highest BCUT2D eigenvalue weighted by Crippen LogP contribution is 2.32. The van der Waals surface area contributed by atoms with Crippen LogP contribution >= 0.6 is 11.8 Å². The molecule has 1 aliphatic rings. The van der Waals surface area contributed by atoms with Gasteiger partial charge in [0.1, 0.15) is 12.3 Å². The van der Waals surface area contributed by atoms with Gasteiger partial charge >= 0.3 is 0 Å². The van der Waals surface area contributed by atoms with Crippen LogP contribution in [0, 0.1) is 6.92 Å². The minimum Gasteiger partial charge on any atom is -0.491 e. The number of benzene rings is 2. The maximum atomic E-state index is 12.6. The number of para-hydroxylation sites is 1. The smallest absolute Gasteiger partial charge is 0.294 e. The topological polar surface area (TPSA) is 75.7 Å².